The molecule has 5 nitrogen and oxygen atoms in total. The van der Waals surface area contributed by atoms with Crippen LogP contribution in [-0.4, -0.2) is 65.8 Å². The van der Waals surface area contributed by atoms with E-state index in [9.17, 15) is 9.59 Å². The molecule has 2 aromatic carbocycles. The molecule has 7 heteroatoms. The number of nitrogens with zero attached hydrogens (tertiary/aromatic N) is 3. The van der Waals surface area contributed by atoms with E-state index in [4.69, 9.17) is 11.6 Å². The van der Waals surface area contributed by atoms with Crippen molar-refractivity contribution in [1.29, 1.82) is 0 Å². The third kappa shape index (κ3) is 5.01. The van der Waals surface area contributed by atoms with Gasteiger partial charge >= 0.3 is 0 Å². The zero-order valence-electron chi connectivity index (χ0n) is 20.0. The smallest absolute Gasteiger partial charge is 0.255 e. The van der Waals surface area contributed by atoms with Crippen LogP contribution in [0.2, 0.25) is 5.02 Å². The highest BCUT2D eigenvalue weighted by Crippen LogP contribution is 2.38. The van der Waals surface area contributed by atoms with E-state index in [-0.39, 0.29) is 17.9 Å². The van der Waals surface area contributed by atoms with Crippen molar-refractivity contribution in [3.63, 3.8) is 0 Å². The molecule has 1 atom stereocenters. The van der Waals surface area contributed by atoms with Gasteiger partial charge in [-0.1, -0.05) is 48.0 Å². The quantitative estimate of drug-likeness (QED) is 0.497. The molecule has 1 saturated heterocycles. The molecule has 0 aliphatic carbocycles. The van der Waals surface area contributed by atoms with Crippen LogP contribution in [-0.2, 0) is 11.2 Å². The number of benzene rings is 2. The normalized spacial score (nSPS) is 18.7. The summed E-state index contributed by atoms with van der Waals surface area (Å²) in [7, 11) is 0. The number of rotatable bonds is 4. The van der Waals surface area contributed by atoms with Crippen LogP contribution in [0.4, 0.5) is 0 Å². The fourth-order valence-electron chi connectivity index (χ4n) is 5.25. The highest BCUT2D eigenvalue weighted by Gasteiger charge is 2.33. The Labute approximate surface area is 215 Å². The average molecular weight is 508 g/mol. The van der Waals surface area contributed by atoms with Crippen molar-refractivity contribution in [3.05, 3.63) is 92.1 Å². The molecule has 0 spiro atoms. The first-order valence-electron chi connectivity index (χ1n) is 12.2. The zero-order chi connectivity index (χ0) is 24.4. The second-order valence-corrected chi connectivity index (χ2v) is 10.7. The van der Waals surface area contributed by atoms with E-state index in [1.54, 1.807) is 12.1 Å². The summed E-state index contributed by atoms with van der Waals surface area (Å²) < 4.78 is 0. The molecule has 1 aromatic heterocycles. The summed E-state index contributed by atoms with van der Waals surface area (Å²) in [6.07, 6.45) is 1.74. The maximum atomic E-state index is 13.5. The molecule has 1 fully saturated rings. The van der Waals surface area contributed by atoms with Gasteiger partial charge < -0.3 is 9.80 Å². The number of amides is 2. The topological polar surface area (TPSA) is 43.9 Å². The minimum atomic E-state index is -0.0643. The van der Waals surface area contributed by atoms with Gasteiger partial charge in [-0.05, 0) is 60.0 Å². The van der Waals surface area contributed by atoms with Crippen LogP contribution >= 0.6 is 22.9 Å². The molecule has 0 bridgehead atoms. The van der Waals surface area contributed by atoms with Gasteiger partial charge in [0, 0.05) is 37.6 Å². The van der Waals surface area contributed by atoms with Gasteiger partial charge in [0.05, 0.1) is 23.2 Å². The molecule has 1 unspecified atom stereocenters. The number of hydrogen-bond donors (Lipinski definition) is 0. The maximum Gasteiger partial charge on any atom is 0.255 e. The minimum absolute atomic E-state index is 0.0643. The third-order valence-corrected chi connectivity index (χ3v) is 8.45. The minimum Gasteiger partial charge on any atom is -0.340 e. The van der Waals surface area contributed by atoms with Gasteiger partial charge in [-0.3, -0.25) is 14.5 Å². The number of carbonyl (C=O) groups is 2. The van der Waals surface area contributed by atoms with Crippen molar-refractivity contribution < 1.29 is 9.59 Å². The molecule has 3 aromatic rings. The second-order valence-electron chi connectivity index (χ2n) is 9.29. The van der Waals surface area contributed by atoms with E-state index in [2.05, 4.69) is 47.5 Å². The van der Waals surface area contributed by atoms with E-state index in [1.807, 2.05) is 33.3 Å². The molecule has 2 aliphatic heterocycles. The van der Waals surface area contributed by atoms with Crippen LogP contribution < -0.4 is 0 Å². The summed E-state index contributed by atoms with van der Waals surface area (Å²) in [5.74, 6) is 0.0693. The van der Waals surface area contributed by atoms with Crippen molar-refractivity contribution in [1.82, 2.24) is 14.7 Å². The molecule has 3 heterocycles. The van der Waals surface area contributed by atoms with Gasteiger partial charge in [0.25, 0.3) is 5.91 Å². The Morgan fingerprint density at radius 2 is 1.66 bits per heavy atom. The van der Waals surface area contributed by atoms with Gasteiger partial charge in [0.1, 0.15) is 0 Å². The summed E-state index contributed by atoms with van der Waals surface area (Å²) >= 11 is 8.07. The van der Waals surface area contributed by atoms with E-state index in [0.29, 0.717) is 43.3 Å². The Hall–Kier alpha value is -2.67. The molecule has 0 radical (unpaired) electrons. The number of thiophene rings is 1. The van der Waals surface area contributed by atoms with Crippen molar-refractivity contribution in [3.8, 4) is 0 Å². The monoisotopic (exact) mass is 507 g/mol. The highest BCUT2D eigenvalue weighted by atomic mass is 35.5. The molecular weight excluding hydrogens is 478 g/mol. The summed E-state index contributed by atoms with van der Waals surface area (Å²) in [4.78, 5) is 34.0. The molecular formula is C28H30ClN3O2S. The van der Waals surface area contributed by atoms with E-state index < -0.39 is 0 Å². The summed E-state index contributed by atoms with van der Waals surface area (Å²) in [5, 5.41) is 2.63. The fourth-order valence-corrected chi connectivity index (χ4v) is 6.37. The lowest BCUT2D eigenvalue weighted by molar-refractivity contribution is -0.132. The maximum absolute atomic E-state index is 13.5. The summed E-state index contributed by atoms with van der Waals surface area (Å²) in [5.41, 5.74) is 4.37. The van der Waals surface area contributed by atoms with Crippen molar-refractivity contribution in [2.24, 2.45) is 0 Å². The molecule has 182 valence electrons. The molecule has 5 rings (SSSR count). The van der Waals surface area contributed by atoms with Crippen LogP contribution in [0.3, 0.4) is 0 Å². The van der Waals surface area contributed by atoms with Gasteiger partial charge in [0.2, 0.25) is 5.91 Å². The number of hydrogen-bond acceptors (Lipinski definition) is 4. The van der Waals surface area contributed by atoms with Crippen LogP contribution in [0.15, 0.2) is 60.0 Å². The van der Waals surface area contributed by atoms with Gasteiger partial charge in [0.15, 0.2) is 0 Å². The van der Waals surface area contributed by atoms with E-state index in [1.165, 1.54) is 21.6 Å². The van der Waals surface area contributed by atoms with E-state index in [0.717, 1.165) is 19.4 Å². The predicted octanol–water partition coefficient (Wildman–Crippen LogP) is 5.03. The van der Waals surface area contributed by atoms with E-state index >= 15 is 0 Å². The lowest BCUT2D eigenvalue weighted by Gasteiger charge is -2.37. The number of halogens is 1. The summed E-state index contributed by atoms with van der Waals surface area (Å²) in [6, 6.07) is 18.0. The Balaban J connectivity index is 1.29. The van der Waals surface area contributed by atoms with Crippen molar-refractivity contribution >= 4 is 34.8 Å². The van der Waals surface area contributed by atoms with Crippen molar-refractivity contribution in [2.75, 3.05) is 39.3 Å². The van der Waals surface area contributed by atoms with Crippen LogP contribution in [0.25, 0.3) is 0 Å². The largest absolute Gasteiger partial charge is 0.340 e. The van der Waals surface area contributed by atoms with Gasteiger partial charge in [-0.15, -0.1) is 11.3 Å². The Morgan fingerprint density at radius 3 is 2.49 bits per heavy atom. The first-order chi connectivity index (χ1) is 17.0. The number of fused-ring (bicyclic) bond motifs is 1. The second kappa shape index (κ2) is 10.5. The first-order valence-corrected chi connectivity index (χ1v) is 13.5. The molecule has 0 N–H and O–H groups in total. The van der Waals surface area contributed by atoms with Gasteiger partial charge in [-0.2, -0.15) is 0 Å². The molecule has 35 heavy (non-hydrogen) atoms. The number of carbonyl (C=O) groups excluding carboxylic acids is 2. The molecule has 2 amide bonds. The van der Waals surface area contributed by atoms with Crippen LogP contribution in [0, 0.1) is 6.92 Å². The highest BCUT2D eigenvalue weighted by molar-refractivity contribution is 7.10. The standard InChI is InChI=1S/C28H30ClN3O2S/c1-20-7-2-3-8-21(20)27-23-12-18-35-25(23)11-15-32(27)19-26(33)30-13-6-14-31(17-16-30)28(34)22-9-4-5-10-24(22)29/h2-5,7-10,12,18,27H,6,11,13-17,19H2,1H3. The van der Waals surface area contributed by atoms with Crippen molar-refractivity contribution in [2.45, 2.75) is 25.8 Å². The van der Waals surface area contributed by atoms with Crippen LogP contribution in [0.1, 0.15) is 44.4 Å². The Morgan fingerprint density at radius 1 is 0.914 bits per heavy atom. The fraction of sp³-hybridized carbons (Fsp3) is 0.357. The SMILES string of the molecule is Cc1ccccc1C1c2ccsc2CCN1CC(=O)N1CCCN(C(=O)c2ccccc2Cl)CC1. The molecule has 0 saturated carbocycles. The zero-order valence-corrected chi connectivity index (χ0v) is 21.5. The Bertz CT molecular complexity index is 1230. The summed E-state index contributed by atoms with van der Waals surface area (Å²) in [6.45, 7) is 5.75. The lowest BCUT2D eigenvalue weighted by Crippen LogP contribution is -2.45. The third-order valence-electron chi connectivity index (χ3n) is 7.13. The first kappa shape index (κ1) is 24.0. The predicted molar refractivity (Wildman–Crippen MR) is 141 cm³/mol. The number of aryl methyl sites for hydroxylation is 1. The lowest BCUT2D eigenvalue weighted by atomic mass is 9.90. The molecule has 2 aliphatic rings. The van der Waals surface area contributed by atoms with Crippen LogP contribution in [0.5, 0.6) is 0 Å². The Kier molecular flexibility index (Phi) is 7.23. The average Bonchev–Trinajstić information content (AvgIpc) is 3.20. The van der Waals surface area contributed by atoms with Gasteiger partial charge in [-0.25, -0.2) is 0 Å².